The van der Waals surface area contributed by atoms with E-state index in [0.717, 1.165) is 16.1 Å². The fourth-order valence-corrected chi connectivity index (χ4v) is 3.90. The van der Waals surface area contributed by atoms with Crippen molar-refractivity contribution < 1.29 is 14.3 Å². The largest absolute Gasteiger partial charge is 0.493 e. The Morgan fingerprint density at radius 1 is 1.20 bits per heavy atom. The highest BCUT2D eigenvalue weighted by molar-refractivity contribution is 7.17. The molecule has 1 atom stereocenters. The summed E-state index contributed by atoms with van der Waals surface area (Å²) < 4.78 is 10.6. The quantitative estimate of drug-likeness (QED) is 0.696. The maximum absolute atomic E-state index is 12.5. The van der Waals surface area contributed by atoms with Gasteiger partial charge in [0.25, 0.3) is 5.91 Å². The first kappa shape index (κ1) is 17.4. The molecule has 2 heterocycles. The number of aromatic nitrogens is 1. The molecule has 0 saturated heterocycles. The molecule has 0 fully saturated rings. The number of carbonyl (C=O) groups is 1. The van der Waals surface area contributed by atoms with Crippen molar-refractivity contribution >= 4 is 28.6 Å². The van der Waals surface area contributed by atoms with Crippen LogP contribution in [-0.2, 0) is 0 Å². The highest BCUT2D eigenvalue weighted by atomic mass is 32.1. The van der Waals surface area contributed by atoms with Crippen molar-refractivity contribution in [2.75, 3.05) is 14.2 Å². The molecular formula is C18H18N2O3S2. The van der Waals surface area contributed by atoms with Crippen LogP contribution in [-0.4, -0.2) is 25.1 Å². The Balaban J connectivity index is 1.72. The fraction of sp³-hybridized carbons (Fsp3) is 0.222. The summed E-state index contributed by atoms with van der Waals surface area (Å²) in [5, 5.41) is 7.87. The van der Waals surface area contributed by atoms with E-state index in [-0.39, 0.29) is 11.9 Å². The summed E-state index contributed by atoms with van der Waals surface area (Å²) in [4.78, 5) is 17.4. The number of hydrogen-bond donors (Lipinski definition) is 1. The minimum Gasteiger partial charge on any atom is -0.493 e. The molecule has 0 spiro atoms. The SMILES string of the molecule is COc1ccc(C(C)NC(=O)c2cnc(-c3ccsc3)s2)cc1OC. The molecule has 0 aliphatic carbocycles. The lowest BCUT2D eigenvalue weighted by molar-refractivity contribution is 0.0943. The molecule has 0 bridgehead atoms. The summed E-state index contributed by atoms with van der Waals surface area (Å²) in [7, 11) is 3.19. The predicted octanol–water partition coefficient (Wildman–Crippen LogP) is 4.38. The summed E-state index contributed by atoms with van der Waals surface area (Å²) in [6, 6.07) is 7.44. The van der Waals surface area contributed by atoms with Gasteiger partial charge in [0.1, 0.15) is 9.88 Å². The van der Waals surface area contributed by atoms with Gasteiger partial charge < -0.3 is 14.8 Å². The van der Waals surface area contributed by atoms with E-state index >= 15 is 0 Å². The minimum absolute atomic E-state index is 0.138. The predicted molar refractivity (Wildman–Crippen MR) is 101 cm³/mol. The molecule has 0 aliphatic heterocycles. The number of nitrogens with one attached hydrogen (secondary N) is 1. The van der Waals surface area contributed by atoms with Crippen molar-refractivity contribution in [3.8, 4) is 22.1 Å². The Morgan fingerprint density at radius 3 is 2.68 bits per heavy atom. The van der Waals surface area contributed by atoms with Crippen LogP contribution < -0.4 is 14.8 Å². The van der Waals surface area contributed by atoms with Crippen molar-refractivity contribution in [1.29, 1.82) is 0 Å². The molecule has 130 valence electrons. The highest BCUT2D eigenvalue weighted by Crippen LogP contribution is 2.30. The molecular weight excluding hydrogens is 356 g/mol. The highest BCUT2D eigenvalue weighted by Gasteiger charge is 2.16. The van der Waals surface area contributed by atoms with Crippen molar-refractivity contribution in [3.05, 3.63) is 51.7 Å². The normalized spacial score (nSPS) is 11.8. The molecule has 0 saturated carbocycles. The molecule has 0 aliphatic rings. The van der Waals surface area contributed by atoms with E-state index in [2.05, 4.69) is 10.3 Å². The second-order valence-electron chi connectivity index (χ2n) is 5.35. The zero-order chi connectivity index (χ0) is 17.8. The van der Waals surface area contributed by atoms with E-state index in [1.807, 2.05) is 41.9 Å². The maximum Gasteiger partial charge on any atom is 0.263 e. The van der Waals surface area contributed by atoms with Gasteiger partial charge >= 0.3 is 0 Å². The molecule has 7 heteroatoms. The van der Waals surface area contributed by atoms with Gasteiger partial charge in [-0.15, -0.1) is 11.3 Å². The van der Waals surface area contributed by atoms with E-state index < -0.39 is 0 Å². The van der Waals surface area contributed by atoms with Gasteiger partial charge in [0.2, 0.25) is 0 Å². The van der Waals surface area contributed by atoms with Gasteiger partial charge in [-0.2, -0.15) is 11.3 Å². The Labute approximate surface area is 154 Å². The maximum atomic E-state index is 12.5. The summed E-state index contributed by atoms with van der Waals surface area (Å²) in [6.07, 6.45) is 1.62. The third-order valence-electron chi connectivity index (χ3n) is 3.75. The number of ether oxygens (including phenoxy) is 2. The van der Waals surface area contributed by atoms with Crippen molar-refractivity contribution in [1.82, 2.24) is 10.3 Å². The zero-order valence-electron chi connectivity index (χ0n) is 14.1. The summed E-state index contributed by atoms with van der Waals surface area (Å²) in [5.41, 5.74) is 1.98. The summed E-state index contributed by atoms with van der Waals surface area (Å²) in [6.45, 7) is 1.93. The van der Waals surface area contributed by atoms with Crippen LogP contribution in [0.1, 0.15) is 28.2 Å². The fourth-order valence-electron chi connectivity index (χ4n) is 2.37. The first-order valence-corrected chi connectivity index (χ1v) is 9.39. The Hall–Kier alpha value is -2.38. The van der Waals surface area contributed by atoms with Crippen LogP contribution in [0, 0.1) is 0 Å². The van der Waals surface area contributed by atoms with Crippen LogP contribution in [0.15, 0.2) is 41.2 Å². The topological polar surface area (TPSA) is 60.5 Å². The van der Waals surface area contributed by atoms with Gasteiger partial charge in [-0.05, 0) is 36.1 Å². The van der Waals surface area contributed by atoms with E-state index in [1.165, 1.54) is 11.3 Å². The number of carbonyl (C=O) groups excluding carboxylic acids is 1. The number of rotatable bonds is 6. The van der Waals surface area contributed by atoms with Gasteiger partial charge in [0.15, 0.2) is 11.5 Å². The van der Waals surface area contributed by atoms with Gasteiger partial charge in [-0.25, -0.2) is 4.98 Å². The number of thiazole rings is 1. The van der Waals surface area contributed by atoms with Gasteiger partial charge in [-0.1, -0.05) is 6.07 Å². The van der Waals surface area contributed by atoms with Crippen molar-refractivity contribution in [3.63, 3.8) is 0 Å². The first-order chi connectivity index (χ1) is 12.1. The van der Waals surface area contributed by atoms with Gasteiger partial charge in [0.05, 0.1) is 26.5 Å². The van der Waals surface area contributed by atoms with Crippen molar-refractivity contribution in [2.24, 2.45) is 0 Å². The molecule has 3 aromatic rings. The van der Waals surface area contributed by atoms with Crippen LogP contribution in [0.4, 0.5) is 0 Å². The van der Waals surface area contributed by atoms with E-state index in [4.69, 9.17) is 9.47 Å². The first-order valence-electron chi connectivity index (χ1n) is 7.63. The van der Waals surface area contributed by atoms with Crippen LogP contribution in [0.25, 0.3) is 10.6 Å². The Morgan fingerprint density at radius 2 is 2.00 bits per heavy atom. The zero-order valence-corrected chi connectivity index (χ0v) is 15.7. The third kappa shape index (κ3) is 3.83. The second kappa shape index (κ2) is 7.67. The average Bonchev–Trinajstić information content (AvgIpc) is 3.32. The van der Waals surface area contributed by atoms with E-state index in [0.29, 0.717) is 16.4 Å². The molecule has 1 unspecified atom stereocenters. The number of thiophene rings is 1. The lowest BCUT2D eigenvalue weighted by Gasteiger charge is -2.16. The molecule has 1 N–H and O–H groups in total. The Bertz CT molecular complexity index is 859. The number of nitrogens with zero attached hydrogens (tertiary/aromatic N) is 1. The lowest BCUT2D eigenvalue weighted by atomic mass is 10.1. The number of hydrogen-bond acceptors (Lipinski definition) is 6. The van der Waals surface area contributed by atoms with E-state index in [9.17, 15) is 4.79 Å². The summed E-state index contributed by atoms with van der Waals surface area (Å²) in [5.74, 6) is 1.16. The van der Waals surface area contributed by atoms with Gasteiger partial charge in [0, 0.05) is 10.9 Å². The van der Waals surface area contributed by atoms with Crippen LogP contribution in [0.5, 0.6) is 11.5 Å². The molecule has 2 aromatic heterocycles. The van der Waals surface area contributed by atoms with Gasteiger partial charge in [-0.3, -0.25) is 4.79 Å². The van der Waals surface area contributed by atoms with Crippen LogP contribution in [0.2, 0.25) is 0 Å². The standard InChI is InChI=1S/C18H18N2O3S2/c1-11(12-4-5-14(22-2)15(8-12)23-3)20-17(21)16-9-19-18(25-16)13-6-7-24-10-13/h4-11H,1-3H3,(H,20,21). The minimum atomic E-state index is -0.168. The van der Waals surface area contributed by atoms with Crippen LogP contribution in [0.3, 0.4) is 0 Å². The molecule has 1 amide bonds. The second-order valence-corrected chi connectivity index (χ2v) is 7.16. The molecule has 25 heavy (non-hydrogen) atoms. The lowest BCUT2D eigenvalue weighted by Crippen LogP contribution is -2.25. The molecule has 5 nitrogen and oxygen atoms in total. The number of methoxy groups -OCH3 is 2. The average molecular weight is 374 g/mol. The molecule has 1 aromatic carbocycles. The van der Waals surface area contributed by atoms with E-state index in [1.54, 1.807) is 31.8 Å². The smallest absolute Gasteiger partial charge is 0.263 e. The third-order valence-corrected chi connectivity index (χ3v) is 5.48. The Kier molecular flexibility index (Phi) is 5.35. The summed E-state index contributed by atoms with van der Waals surface area (Å²) >= 11 is 3.00. The number of benzene rings is 1. The van der Waals surface area contributed by atoms with Crippen LogP contribution >= 0.6 is 22.7 Å². The molecule has 3 rings (SSSR count). The number of amides is 1. The molecule has 0 radical (unpaired) electrons. The monoisotopic (exact) mass is 374 g/mol. The van der Waals surface area contributed by atoms with Crippen molar-refractivity contribution in [2.45, 2.75) is 13.0 Å².